The molecule has 0 aromatic heterocycles. The number of rotatable bonds is 6. The first-order chi connectivity index (χ1) is 9.79. The fraction of sp³-hybridized carbons (Fsp3) is 0.231. The van der Waals surface area contributed by atoms with Crippen LogP contribution in [-0.2, 0) is 0 Å². The lowest BCUT2D eigenvalue weighted by atomic mass is 9.97. The molecule has 0 spiro atoms. The van der Waals surface area contributed by atoms with Crippen LogP contribution in [0, 0.1) is 0 Å². The Labute approximate surface area is 119 Å². The zero-order valence-corrected chi connectivity index (χ0v) is 11.2. The Morgan fingerprint density at radius 1 is 1.00 bits per heavy atom. The van der Waals surface area contributed by atoms with Crippen LogP contribution in [0.4, 0.5) is 0 Å². The lowest BCUT2D eigenvalue weighted by Gasteiger charge is -2.10. The summed E-state index contributed by atoms with van der Waals surface area (Å²) in [6.45, 7) is 2.12. The van der Waals surface area contributed by atoms with E-state index in [0.717, 1.165) is 12.1 Å². The zero-order valence-electron chi connectivity index (χ0n) is 11.2. The lowest BCUT2D eigenvalue weighted by molar-refractivity contribution is 0.0688. The van der Waals surface area contributed by atoms with Gasteiger partial charge in [0, 0.05) is 6.54 Å². The molecule has 1 rings (SSSR count). The van der Waals surface area contributed by atoms with Crippen LogP contribution in [0.3, 0.4) is 0 Å². The van der Waals surface area contributed by atoms with Gasteiger partial charge in [-0.25, -0.2) is 9.59 Å². The highest BCUT2D eigenvalue weighted by atomic mass is 16.4. The van der Waals surface area contributed by atoms with E-state index in [1.165, 1.54) is 0 Å². The number of hydrogen-bond donors (Lipinski definition) is 4. The number of primary amides is 1. The van der Waals surface area contributed by atoms with Crippen molar-refractivity contribution in [2.45, 2.75) is 13.3 Å². The number of hydrogen-bond acceptors (Lipinski definition) is 4. The van der Waals surface area contributed by atoms with Crippen molar-refractivity contribution < 1.29 is 29.4 Å². The van der Waals surface area contributed by atoms with E-state index in [-0.39, 0.29) is 5.56 Å². The van der Waals surface area contributed by atoms with E-state index in [1.807, 2.05) is 0 Å². The Hall–Kier alpha value is -2.90. The summed E-state index contributed by atoms with van der Waals surface area (Å²) in [5.41, 5.74) is 3.26. The molecule has 8 nitrogen and oxygen atoms in total. The SMILES string of the molecule is CCCNC(=O)c1cc(C(N)=O)c(C(=O)O)cc1C(=O)O. The average molecular weight is 294 g/mol. The van der Waals surface area contributed by atoms with Gasteiger partial charge in [0.05, 0.1) is 22.3 Å². The van der Waals surface area contributed by atoms with Crippen molar-refractivity contribution >= 4 is 23.8 Å². The van der Waals surface area contributed by atoms with Crippen molar-refractivity contribution in [2.75, 3.05) is 6.54 Å². The monoisotopic (exact) mass is 294 g/mol. The molecule has 5 N–H and O–H groups in total. The van der Waals surface area contributed by atoms with Crippen LogP contribution in [0.2, 0.25) is 0 Å². The van der Waals surface area contributed by atoms with Crippen LogP contribution < -0.4 is 11.1 Å². The number of carbonyl (C=O) groups excluding carboxylic acids is 2. The topological polar surface area (TPSA) is 147 Å². The van der Waals surface area contributed by atoms with Crippen LogP contribution in [0.15, 0.2) is 12.1 Å². The largest absolute Gasteiger partial charge is 0.478 e. The van der Waals surface area contributed by atoms with Crippen molar-refractivity contribution in [3.05, 3.63) is 34.4 Å². The summed E-state index contributed by atoms with van der Waals surface area (Å²) in [6, 6.07) is 1.64. The van der Waals surface area contributed by atoms with Crippen LogP contribution in [0.25, 0.3) is 0 Å². The fourth-order valence-electron chi connectivity index (χ4n) is 1.68. The van der Waals surface area contributed by atoms with E-state index in [2.05, 4.69) is 5.32 Å². The first kappa shape index (κ1) is 16.2. The Balaban J connectivity index is 3.51. The van der Waals surface area contributed by atoms with Gasteiger partial charge in [0.15, 0.2) is 0 Å². The molecule has 0 aliphatic carbocycles. The molecule has 112 valence electrons. The van der Waals surface area contributed by atoms with E-state index in [9.17, 15) is 19.2 Å². The summed E-state index contributed by atoms with van der Waals surface area (Å²) >= 11 is 0. The van der Waals surface area contributed by atoms with E-state index in [1.54, 1.807) is 6.92 Å². The summed E-state index contributed by atoms with van der Waals surface area (Å²) in [5.74, 6) is -4.76. The Morgan fingerprint density at radius 2 is 1.48 bits per heavy atom. The summed E-state index contributed by atoms with van der Waals surface area (Å²) in [7, 11) is 0. The molecule has 8 heteroatoms. The van der Waals surface area contributed by atoms with Gasteiger partial charge in [-0.2, -0.15) is 0 Å². The van der Waals surface area contributed by atoms with Gasteiger partial charge in [-0.05, 0) is 18.6 Å². The molecule has 0 bridgehead atoms. The van der Waals surface area contributed by atoms with Crippen molar-refractivity contribution in [3.63, 3.8) is 0 Å². The van der Waals surface area contributed by atoms with E-state index in [0.29, 0.717) is 13.0 Å². The van der Waals surface area contributed by atoms with Gasteiger partial charge in [-0.15, -0.1) is 0 Å². The van der Waals surface area contributed by atoms with Gasteiger partial charge in [-0.3, -0.25) is 9.59 Å². The number of carbonyl (C=O) groups is 4. The Bertz CT molecular complexity index is 623. The maximum Gasteiger partial charge on any atom is 0.336 e. The van der Waals surface area contributed by atoms with Crippen molar-refractivity contribution in [1.29, 1.82) is 0 Å². The molecule has 0 saturated carbocycles. The molecule has 0 radical (unpaired) electrons. The molecule has 0 heterocycles. The first-order valence-corrected chi connectivity index (χ1v) is 6.02. The summed E-state index contributed by atoms with van der Waals surface area (Å²) in [6.07, 6.45) is 0.629. The molecule has 0 unspecified atom stereocenters. The predicted molar refractivity (Wildman–Crippen MR) is 71.5 cm³/mol. The highest BCUT2D eigenvalue weighted by molar-refractivity contribution is 6.11. The Morgan fingerprint density at radius 3 is 1.90 bits per heavy atom. The Kier molecular flexibility index (Phi) is 5.01. The number of carboxylic acid groups (broad SMARTS) is 2. The quantitative estimate of drug-likeness (QED) is 0.594. The van der Waals surface area contributed by atoms with Crippen molar-refractivity contribution in [3.8, 4) is 0 Å². The van der Waals surface area contributed by atoms with Gasteiger partial charge in [0.2, 0.25) is 5.91 Å². The minimum absolute atomic E-state index is 0.310. The van der Waals surface area contributed by atoms with Gasteiger partial charge in [-0.1, -0.05) is 6.92 Å². The maximum atomic E-state index is 11.9. The van der Waals surface area contributed by atoms with Crippen molar-refractivity contribution in [1.82, 2.24) is 5.32 Å². The fourth-order valence-corrected chi connectivity index (χ4v) is 1.68. The zero-order chi connectivity index (χ0) is 16.2. The predicted octanol–water partition coefficient (Wildman–Crippen LogP) is 0.322. The van der Waals surface area contributed by atoms with Crippen LogP contribution in [-0.4, -0.2) is 40.5 Å². The van der Waals surface area contributed by atoms with E-state index >= 15 is 0 Å². The molecular formula is C13H14N2O6. The minimum Gasteiger partial charge on any atom is -0.478 e. The molecule has 0 fully saturated rings. The molecule has 0 atom stereocenters. The molecular weight excluding hydrogens is 280 g/mol. The van der Waals surface area contributed by atoms with Crippen LogP contribution in [0.1, 0.15) is 54.8 Å². The molecule has 0 aliphatic heterocycles. The number of nitrogens with one attached hydrogen (secondary N) is 1. The number of aromatic carboxylic acids is 2. The van der Waals surface area contributed by atoms with Gasteiger partial charge < -0.3 is 21.3 Å². The molecule has 0 saturated heterocycles. The van der Waals surface area contributed by atoms with Gasteiger partial charge in [0.25, 0.3) is 5.91 Å². The minimum atomic E-state index is -1.51. The molecule has 1 aromatic rings. The summed E-state index contributed by atoms with van der Waals surface area (Å²) in [5, 5.41) is 20.5. The number of nitrogens with two attached hydrogens (primary N) is 1. The highest BCUT2D eigenvalue weighted by Crippen LogP contribution is 2.18. The van der Waals surface area contributed by atoms with Gasteiger partial charge in [0.1, 0.15) is 0 Å². The van der Waals surface area contributed by atoms with Crippen LogP contribution in [0.5, 0.6) is 0 Å². The molecule has 1 aromatic carbocycles. The smallest absolute Gasteiger partial charge is 0.336 e. The van der Waals surface area contributed by atoms with Crippen LogP contribution >= 0.6 is 0 Å². The highest BCUT2D eigenvalue weighted by Gasteiger charge is 2.24. The molecule has 21 heavy (non-hydrogen) atoms. The number of benzene rings is 1. The lowest BCUT2D eigenvalue weighted by Crippen LogP contribution is -2.27. The third-order valence-corrected chi connectivity index (χ3v) is 2.66. The number of amides is 2. The summed E-state index contributed by atoms with van der Waals surface area (Å²) in [4.78, 5) is 45.4. The van der Waals surface area contributed by atoms with E-state index < -0.39 is 40.4 Å². The van der Waals surface area contributed by atoms with E-state index in [4.69, 9.17) is 15.9 Å². The second-order valence-corrected chi connectivity index (χ2v) is 4.17. The second kappa shape index (κ2) is 6.51. The normalized spacial score (nSPS) is 9.95. The summed E-state index contributed by atoms with van der Waals surface area (Å²) < 4.78 is 0. The average Bonchev–Trinajstić information content (AvgIpc) is 2.42. The molecule has 2 amide bonds. The third-order valence-electron chi connectivity index (χ3n) is 2.66. The van der Waals surface area contributed by atoms with Crippen molar-refractivity contribution in [2.24, 2.45) is 5.73 Å². The maximum absolute atomic E-state index is 11.9. The molecule has 0 aliphatic rings. The van der Waals surface area contributed by atoms with Gasteiger partial charge >= 0.3 is 11.9 Å². The number of carboxylic acids is 2. The first-order valence-electron chi connectivity index (χ1n) is 6.02. The standard InChI is InChI=1S/C13H14N2O6/c1-2-3-15-11(17)7-4-6(10(14)16)8(12(18)19)5-9(7)13(20)21/h4-5H,2-3H2,1H3,(H2,14,16)(H,15,17)(H,18,19)(H,20,21). The third kappa shape index (κ3) is 3.56. The second-order valence-electron chi connectivity index (χ2n) is 4.17.